The van der Waals surface area contributed by atoms with Crippen LogP contribution in [0.15, 0.2) is 76.8 Å². The van der Waals surface area contributed by atoms with E-state index in [9.17, 15) is 14.9 Å². The van der Waals surface area contributed by atoms with Crippen LogP contribution < -0.4 is 10.1 Å². The van der Waals surface area contributed by atoms with Gasteiger partial charge in [0.15, 0.2) is 5.17 Å². The first-order valence-corrected chi connectivity index (χ1v) is 10.3. The molecule has 1 saturated heterocycles. The lowest BCUT2D eigenvalue weighted by molar-refractivity contribution is -0.384. The summed E-state index contributed by atoms with van der Waals surface area (Å²) >= 11 is 1.24. The van der Waals surface area contributed by atoms with Crippen molar-refractivity contribution < 1.29 is 14.5 Å². The number of hydrogen-bond acceptors (Lipinski definition) is 6. The summed E-state index contributed by atoms with van der Waals surface area (Å²) in [6.07, 6.45) is 3.53. The molecule has 3 aromatic rings. The largest absolute Gasteiger partial charge is 0.494 e. The molecule has 0 bridgehead atoms. The Labute approximate surface area is 182 Å². The van der Waals surface area contributed by atoms with Crippen molar-refractivity contribution in [1.82, 2.24) is 9.88 Å². The molecule has 0 unspecified atom stereocenters. The molecule has 1 N–H and O–H groups in total. The molecule has 31 heavy (non-hydrogen) atoms. The highest BCUT2D eigenvalue weighted by atomic mass is 32.2. The third-order valence-electron chi connectivity index (χ3n) is 4.41. The van der Waals surface area contributed by atoms with Crippen LogP contribution in [0.2, 0.25) is 0 Å². The number of rotatable bonds is 6. The molecule has 0 atom stereocenters. The minimum absolute atomic E-state index is 0.00237. The molecular weight excluding hydrogens is 416 g/mol. The van der Waals surface area contributed by atoms with E-state index in [0.717, 1.165) is 11.4 Å². The summed E-state index contributed by atoms with van der Waals surface area (Å²) in [7, 11) is 0. The van der Waals surface area contributed by atoms with Gasteiger partial charge in [-0.15, -0.1) is 0 Å². The molecule has 1 aliphatic rings. The van der Waals surface area contributed by atoms with Gasteiger partial charge in [0.2, 0.25) is 0 Å². The number of aromatic nitrogens is 1. The number of hydrogen-bond donors (Lipinski definition) is 1. The fourth-order valence-electron chi connectivity index (χ4n) is 3.02. The molecule has 156 valence electrons. The molecule has 0 aliphatic carbocycles. The summed E-state index contributed by atoms with van der Waals surface area (Å²) in [5, 5.41) is 14.3. The van der Waals surface area contributed by atoms with E-state index in [0.29, 0.717) is 28.1 Å². The van der Waals surface area contributed by atoms with E-state index in [2.05, 4.69) is 10.3 Å². The summed E-state index contributed by atoms with van der Waals surface area (Å²) < 4.78 is 7.21. The van der Waals surface area contributed by atoms with Crippen molar-refractivity contribution in [2.24, 2.45) is 4.99 Å². The first-order valence-electron chi connectivity index (χ1n) is 9.48. The second-order valence-corrected chi connectivity index (χ2v) is 7.52. The molecule has 2 heterocycles. The second-order valence-electron chi connectivity index (χ2n) is 6.49. The lowest BCUT2D eigenvalue weighted by atomic mass is 10.2. The number of thioether (sulfide) groups is 1. The molecule has 0 spiro atoms. The minimum Gasteiger partial charge on any atom is -0.494 e. The van der Waals surface area contributed by atoms with E-state index in [1.165, 1.54) is 23.9 Å². The Morgan fingerprint density at radius 3 is 2.74 bits per heavy atom. The van der Waals surface area contributed by atoms with Gasteiger partial charge in [-0.05, 0) is 67.2 Å². The first kappa shape index (κ1) is 20.4. The van der Waals surface area contributed by atoms with Gasteiger partial charge in [-0.25, -0.2) is 4.99 Å². The summed E-state index contributed by atoms with van der Waals surface area (Å²) in [6.45, 7) is 2.51. The van der Waals surface area contributed by atoms with Crippen LogP contribution in [0.25, 0.3) is 11.8 Å². The van der Waals surface area contributed by atoms with Crippen molar-refractivity contribution >= 4 is 40.3 Å². The van der Waals surface area contributed by atoms with E-state index in [4.69, 9.17) is 4.74 Å². The molecule has 1 amide bonds. The molecule has 1 aliphatic heterocycles. The fraction of sp³-hybridized carbons (Fsp3) is 0.0909. The van der Waals surface area contributed by atoms with Crippen LogP contribution >= 0.6 is 11.8 Å². The van der Waals surface area contributed by atoms with E-state index in [-0.39, 0.29) is 11.6 Å². The number of nitrogens with zero attached hydrogens (tertiary/aromatic N) is 3. The van der Waals surface area contributed by atoms with Crippen molar-refractivity contribution in [2.75, 3.05) is 6.61 Å². The third-order valence-corrected chi connectivity index (χ3v) is 5.32. The Morgan fingerprint density at radius 1 is 1.19 bits per heavy atom. The third kappa shape index (κ3) is 4.67. The maximum Gasteiger partial charge on any atom is 0.271 e. The molecule has 0 radical (unpaired) electrons. The van der Waals surface area contributed by atoms with Gasteiger partial charge in [0.25, 0.3) is 11.6 Å². The lowest BCUT2D eigenvalue weighted by Crippen LogP contribution is -2.19. The van der Waals surface area contributed by atoms with E-state index in [1.807, 2.05) is 43.3 Å². The zero-order valence-corrected chi connectivity index (χ0v) is 17.3. The maximum atomic E-state index is 12.4. The standard InChI is InChI=1S/C22H18N4O4S/c1-2-30-19-10-8-15(9-11-19)23-22-24-21(27)20(31-22)14-17-7-4-12-25(17)16-5-3-6-18(13-16)26(28)29/h3-14H,2H2,1H3,(H,23,24,27). The fourth-order valence-corrected chi connectivity index (χ4v) is 3.85. The predicted molar refractivity (Wildman–Crippen MR) is 121 cm³/mol. The van der Waals surface area contributed by atoms with E-state index in [1.54, 1.807) is 29.0 Å². The van der Waals surface area contributed by atoms with Crippen molar-refractivity contribution in [2.45, 2.75) is 6.92 Å². The van der Waals surface area contributed by atoms with E-state index >= 15 is 0 Å². The van der Waals surface area contributed by atoms with Gasteiger partial charge in [0.05, 0.1) is 27.8 Å². The number of nitro benzene ring substituents is 1. The van der Waals surface area contributed by atoms with Gasteiger partial charge < -0.3 is 14.6 Å². The molecule has 1 aromatic heterocycles. The average molecular weight is 434 g/mol. The number of non-ortho nitro benzene ring substituents is 1. The highest BCUT2D eigenvalue weighted by Crippen LogP contribution is 2.29. The van der Waals surface area contributed by atoms with Gasteiger partial charge in [-0.3, -0.25) is 14.9 Å². The topological polar surface area (TPSA) is 98.8 Å². The van der Waals surface area contributed by atoms with Crippen LogP contribution in [0.3, 0.4) is 0 Å². The van der Waals surface area contributed by atoms with Crippen molar-refractivity contribution in [1.29, 1.82) is 0 Å². The van der Waals surface area contributed by atoms with Gasteiger partial charge in [-0.1, -0.05) is 6.07 Å². The molecule has 4 rings (SSSR count). The van der Waals surface area contributed by atoms with E-state index < -0.39 is 4.92 Å². The Balaban J connectivity index is 1.57. The molecule has 9 heteroatoms. The molecule has 0 saturated carbocycles. The highest BCUT2D eigenvalue weighted by Gasteiger charge is 2.24. The summed E-state index contributed by atoms with van der Waals surface area (Å²) in [6, 6.07) is 17.3. The van der Waals surface area contributed by atoms with Crippen molar-refractivity contribution in [3.63, 3.8) is 0 Å². The quantitative estimate of drug-likeness (QED) is 0.345. The smallest absolute Gasteiger partial charge is 0.271 e. The van der Waals surface area contributed by atoms with Crippen molar-refractivity contribution in [3.8, 4) is 11.4 Å². The van der Waals surface area contributed by atoms with Crippen LogP contribution in [-0.4, -0.2) is 27.2 Å². The SMILES string of the molecule is CCOc1ccc(N=C2NC(=O)C(=Cc3cccn3-c3cccc([N+](=O)[O-])c3)S2)cc1. The normalized spacial score (nSPS) is 16.0. The Hall–Kier alpha value is -3.85. The minimum atomic E-state index is -0.435. The second kappa shape index (κ2) is 8.88. The Kier molecular flexibility index (Phi) is 5.85. The van der Waals surface area contributed by atoms with Crippen LogP contribution in [-0.2, 0) is 4.79 Å². The number of nitrogens with one attached hydrogen (secondary N) is 1. The van der Waals surface area contributed by atoms with Crippen LogP contribution in [0.5, 0.6) is 5.75 Å². The summed E-state index contributed by atoms with van der Waals surface area (Å²) in [4.78, 5) is 28.0. The number of ether oxygens (including phenoxy) is 1. The van der Waals surface area contributed by atoms with Crippen LogP contribution in [0.1, 0.15) is 12.6 Å². The Bertz CT molecular complexity index is 1200. The van der Waals surface area contributed by atoms with Gasteiger partial charge in [0, 0.05) is 24.0 Å². The number of amides is 1. The van der Waals surface area contributed by atoms with Crippen LogP contribution in [0, 0.1) is 10.1 Å². The zero-order valence-electron chi connectivity index (χ0n) is 16.5. The van der Waals surface area contributed by atoms with Gasteiger partial charge in [-0.2, -0.15) is 0 Å². The number of carbonyl (C=O) groups excluding carboxylic acids is 1. The monoisotopic (exact) mass is 434 g/mol. The Morgan fingerprint density at radius 2 is 2.00 bits per heavy atom. The molecule has 8 nitrogen and oxygen atoms in total. The van der Waals surface area contributed by atoms with Gasteiger partial charge in [0.1, 0.15) is 5.75 Å². The number of benzene rings is 2. The average Bonchev–Trinajstić information content (AvgIpc) is 3.36. The van der Waals surface area contributed by atoms with Crippen LogP contribution in [0.4, 0.5) is 11.4 Å². The highest BCUT2D eigenvalue weighted by molar-refractivity contribution is 8.18. The number of aliphatic imine (C=N–C) groups is 1. The lowest BCUT2D eigenvalue weighted by Gasteiger charge is -2.06. The molecular formula is C22H18N4O4S. The number of amidine groups is 1. The van der Waals surface area contributed by atoms with Crippen molar-refractivity contribution in [3.05, 3.63) is 87.6 Å². The first-order chi connectivity index (χ1) is 15.0. The van der Waals surface area contributed by atoms with Gasteiger partial charge >= 0.3 is 0 Å². The zero-order chi connectivity index (χ0) is 21.8. The summed E-state index contributed by atoms with van der Waals surface area (Å²) in [5.41, 5.74) is 2.06. The molecule has 2 aromatic carbocycles. The number of nitro groups is 1. The molecule has 1 fully saturated rings. The maximum absolute atomic E-state index is 12.4. The summed E-state index contributed by atoms with van der Waals surface area (Å²) in [5.74, 6) is 0.513. The number of carbonyl (C=O) groups is 1. The predicted octanol–water partition coefficient (Wildman–Crippen LogP) is 4.68.